The number of rotatable bonds is 5. The average molecular weight is 301 g/mol. The topological polar surface area (TPSA) is 59.3 Å². The van der Waals surface area contributed by atoms with Gasteiger partial charge in [0.15, 0.2) is 0 Å². The Balaban J connectivity index is 1.90. The van der Waals surface area contributed by atoms with E-state index in [0.29, 0.717) is 5.75 Å². The minimum atomic E-state index is -0.231. The van der Waals surface area contributed by atoms with E-state index in [0.717, 1.165) is 44.3 Å². The van der Waals surface area contributed by atoms with Crippen LogP contribution in [-0.4, -0.2) is 13.1 Å². The van der Waals surface area contributed by atoms with Crippen molar-refractivity contribution in [3.05, 3.63) is 24.3 Å². The monoisotopic (exact) mass is 301 g/mol. The fraction of sp³-hybridized carbons (Fsp3) is 0.556. The maximum Gasteiger partial charge on any atom is 0.314 e. The maximum atomic E-state index is 12.2. The van der Waals surface area contributed by atoms with Gasteiger partial charge in [-0.25, -0.2) is 0 Å². The van der Waals surface area contributed by atoms with Gasteiger partial charge in [-0.15, -0.1) is 0 Å². The number of nitriles is 1. The van der Waals surface area contributed by atoms with E-state index in [2.05, 4.69) is 13.0 Å². The molecule has 4 heteroatoms. The summed E-state index contributed by atoms with van der Waals surface area (Å²) in [7, 11) is 1.60. The Morgan fingerprint density at radius 3 is 2.36 bits per heavy atom. The van der Waals surface area contributed by atoms with Crippen molar-refractivity contribution in [1.29, 1.82) is 5.26 Å². The molecule has 0 unspecified atom stereocenters. The lowest BCUT2D eigenvalue weighted by atomic mass is 9.69. The molecule has 0 bridgehead atoms. The van der Waals surface area contributed by atoms with Crippen molar-refractivity contribution >= 4 is 5.97 Å². The Morgan fingerprint density at radius 2 is 1.86 bits per heavy atom. The number of esters is 1. The fourth-order valence-corrected chi connectivity index (χ4v) is 3.15. The van der Waals surface area contributed by atoms with Gasteiger partial charge in [0.2, 0.25) is 0 Å². The lowest BCUT2D eigenvalue weighted by molar-refractivity contribution is -0.140. The van der Waals surface area contributed by atoms with E-state index in [4.69, 9.17) is 9.47 Å². The van der Waals surface area contributed by atoms with Crippen molar-refractivity contribution < 1.29 is 14.3 Å². The minimum Gasteiger partial charge on any atom is -0.497 e. The molecule has 0 aliphatic heterocycles. The molecule has 0 saturated heterocycles. The number of ether oxygens (including phenoxy) is 2. The molecule has 1 saturated carbocycles. The normalized spacial score (nSPS) is 24.3. The summed E-state index contributed by atoms with van der Waals surface area (Å²) in [6.07, 6.45) is 4.99. The van der Waals surface area contributed by atoms with Crippen molar-refractivity contribution in [2.24, 2.45) is 11.3 Å². The highest BCUT2D eigenvalue weighted by molar-refractivity contribution is 5.75. The number of hydrogen-bond donors (Lipinski definition) is 0. The molecule has 0 aromatic heterocycles. The lowest BCUT2D eigenvalue weighted by Crippen LogP contribution is -2.31. The first-order chi connectivity index (χ1) is 10.6. The summed E-state index contributed by atoms with van der Waals surface area (Å²) in [5.41, 5.74) is -0.231. The molecule has 1 aliphatic carbocycles. The summed E-state index contributed by atoms with van der Waals surface area (Å²) in [5.74, 6) is 0.987. The number of carbonyl (C=O) groups excluding carboxylic acids is 1. The second-order valence-corrected chi connectivity index (χ2v) is 6.01. The highest BCUT2D eigenvalue weighted by Gasteiger charge is 2.37. The Bertz CT molecular complexity index is 536. The van der Waals surface area contributed by atoms with Crippen molar-refractivity contribution in [2.75, 3.05) is 7.11 Å². The lowest BCUT2D eigenvalue weighted by Gasteiger charge is -2.33. The van der Waals surface area contributed by atoms with Crippen LogP contribution in [0.2, 0.25) is 0 Å². The summed E-state index contributed by atoms with van der Waals surface area (Å²) >= 11 is 0. The van der Waals surface area contributed by atoms with Gasteiger partial charge in [-0.05, 0) is 56.4 Å². The van der Waals surface area contributed by atoms with Crippen LogP contribution in [0.25, 0.3) is 0 Å². The predicted octanol–water partition coefficient (Wildman–Crippen LogP) is 4.10. The third kappa shape index (κ3) is 3.79. The molecule has 0 atom stereocenters. The van der Waals surface area contributed by atoms with Crippen LogP contribution in [-0.2, 0) is 4.79 Å². The van der Waals surface area contributed by atoms with Crippen LogP contribution in [0.4, 0.5) is 0 Å². The van der Waals surface area contributed by atoms with Crippen LogP contribution in [0, 0.1) is 22.7 Å². The average Bonchev–Trinajstić information content (AvgIpc) is 2.56. The van der Waals surface area contributed by atoms with Crippen LogP contribution in [0.5, 0.6) is 11.5 Å². The van der Waals surface area contributed by atoms with Gasteiger partial charge in [0, 0.05) is 0 Å². The first-order valence-corrected chi connectivity index (χ1v) is 7.89. The molecule has 0 spiro atoms. The van der Waals surface area contributed by atoms with E-state index < -0.39 is 0 Å². The van der Waals surface area contributed by atoms with Crippen LogP contribution in [0.15, 0.2) is 24.3 Å². The van der Waals surface area contributed by atoms with E-state index in [1.807, 2.05) is 0 Å². The van der Waals surface area contributed by atoms with E-state index >= 15 is 0 Å². The summed E-state index contributed by atoms with van der Waals surface area (Å²) < 4.78 is 10.5. The van der Waals surface area contributed by atoms with Gasteiger partial charge in [0.05, 0.1) is 24.5 Å². The van der Waals surface area contributed by atoms with Crippen molar-refractivity contribution in [2.45, 2.75) is 45.4 Å². The molecular weight excluding hydrogens is 278 g/mol. The zero-order valence-corrected chi connectivity index (χ0v) is 13.3. The first kappa shape index (κ1) is 16.4. The maximum absolute atomic E-state index is 12.2. The van der Waals surface area contributed by atoms with E-state index in [9.17, 15) is 10.1 Å². The Kier molecular flexibility index (Phi) is 5.43. The second kappa shape index (κ2) is 7.31. The summed E-state index contributed by atoms with van der Waals surface area (Å²) in [6.45, 7) is 2.10. The molecule has 2 rings (SSSR count). The molecule has 0 heterocycles. The Hall–Kier alpha value is -2.02. The molecule has 4 nitrogen and oxygen atoms in total. The quantitative estimate of drug-likeness (QED) is 0.607. The van der Waals surface area contributed by atoms with Gasteiger partial charge in [-0.1, -0.05) is 13.3 Å². The summed E-state index contributed by atoms with van der Waals surface area (Å²) in [6, 6.07) is 9.48. The van der Waals surface area contributed by atoms with E-state index in [-0.39, 0.29) is 17.3 Å². The first-order valence-electron chi connectivity index (χ1n) is 7.89. The van der Waals surface area contributed by atoms with Crippen LogP contribution < -0.4 is 9.47 Å². The standard InChI is InChI=1S/C18H23NO3/c1-3-10-18(13-19)11-8-14(9-12-18)17(20)22-16-6-4-15(21-2)5-7-16/h4-7,14H,3,8-12H2,1-2H3/t14-,18-. The molecule has 1 aliphatic rings. The molecule has 0 amide bonds. The third-order valence-electron chi connectivity index (χ3n) is 4.52. The number of carbonyl (C=O) groups is 1. The Labute approximate surface area is 132 Å². The molecule has 1 aromatic carbocycles. The molecule has 22 heavy (non-hydrogen) atoms. The summed E-state index contributed by atoms with van der Waals surface area (Å²) in [5, 5.41) is 9.40. The second-order valence-electron chi connectivity index (χ2n) is 6.01. The largest absolute Gasteiger partial charge is 0.497 e. The molecule has 0 radical (unpaired) electrons. The highest BCUT2D eigenvalue weighted by atomic mass is 16.5. The fourth-order valence-electron chi connectivity index (χ4n) is 3.15. The third-order valence-corrected chi connectivity index (χ3v) is 4.52. The van der Waals surface area contributed by atoms with Gasteiger partial charge in [-0.2, -0.15) is 5.26 Å². The smallest absolute Gasteiger partial charge is 0.314 e. The van der Waals surface area contributed by atoms with Crippen molar-refractivity contribution in [1.82, 2.24) is 0 Å². The van der Waals surface area contributed by atoms with Crippen LogP contribution in [0.3, 0.4) is 0 Å². The molecule has 118 valence electrons. The molecule has 1 fully saturated rings. The minimum absolute atomic E-state index is 0.0968. The van der Waals surface area contributed by atoms with Gasteiger partial charge in [-0.3, -0.25) is 4.79 Å². The van der Waals surface area contributed by atoms with Crippen molar-refractivity contribution in [3.8, 4) is 17.6 Å². The SMILES string of the molecule is CCC[C@]1(C#N)CC[C@H](C(=O)Oc2ccc(OC)cc2)CC1. The zero-order chi connectivity index (χ0) is 16.0. The van der Waals surface area contributed by atoms with Crippen LogP contribution >= 0.6 is 0 Å². The Morgan fingerprint density at radius 1 is 1.27 bits per heavy atom. The number of hydrogen-bond acceptors (Lipinski definition) is 4. The number of benzene rings is 1. The zero-order valence-electron chi connectivity index (χ0n) is 13.3. The van der Waals surface area contributed by atoms with Gasteiger partial charge >= 0.3 is 5.97 Å². The predicted molar refractivity (Wildman–Crippen MR) is 83.5 cm³/mol. The van der Waals surface area contributed by atoms with Crippen LogP contribution in [0.1, 0.15) is 45.4 Å². The molecule has 0 N–H and O–H groups in total. The van der Waals surface area contributed by atoms with Gasteiger partial charge < -0.3 is 9.47 Å². The van der Waals surface area contributed by atoms with E-state index in [1.165, 1.54) is 0 Å². The van der Waals surface area contributed by atoms with Crippen molar-refractivity contribution in [3.63, 3.8) is 0 Å². The summed E-state index contributed by atoms with van der Waals surface area (Å²) in [4.78, 5) is 12.2. The van der Waals surface area contributed by atoms with Gasteiger partial charge in [0.1, 0.15) is 11.5 Å². The van der Waals surface area contributed by atoms with E-state index in [1.54, 1.807) is 31.4 Å². The number of nitrogens with zero attached hydrogens (tertiary/aromatic N) is 1. The highest BCUT2D eigenvalue weighted by Crippen LogP contribution is 2.42. The molecule has 1 aromatic rings. The molecular formula is C18H23NO3. The van der Waals surface area contributed by atoms with Gasteiger partial charge in [0.25, 0.3) is 0 Å². The number of methoxy groups -OCH3 is 1.